The van der Waals surface area contributed by atoms with Crippen LogP contribution in [-0.2, 0) is 9.59 Å². The number of halogens is 7. The van der Waals surface area contributed by atoms with Gasteiger partial charge in [0.15, 0.2) is 17.5 Å². The Morgan fingerprint density at radius 1 is 0.564 bits per heavy atom. The Labute approximate surface area is 216 Å². The third kappa shape index (κ3) is 6.08. The van der Waals surface area contributed by atoms with Gasteiger partial charge in [0.2, 0.25) is 0 Å². The maximum atomic E-state index is 14.5. The third-order valence-electron chi connectivity index (χ3n) is 5.52. The van der Waals surface area contributed by atoms with E-state index in [1.807, 2.05) is 0 Å². The Kier molecular flexibility index (Phi) is 7.70. The molecule has 4 rings (SSSR count). The highest BCUT2D eigenvalue weighted by Gasteiger charge is 2.19. The first kappa shape index (κ1) is 27.4. The van der Waals surface area contributed by atoms with Gasteiger partial charge < -0.3 is 9.47 Å². The summed E-state index contributed by atoms with van der Waals surface area (Å²) in [5.41, 5.74) is -1.09. The normalized spacial score (nSPS) is 10.9. The molecule has 0 aliphatic carbocycles. The molecule has 0 aliphatic heterocycles. The lowest BCUT2D eigenvalue weighted by Gasteiger charge is -2.10. The highest BCUT2D eigenvalue weighted by molar-refractivity contribution is 5.93. The van der Waals surface area contributed by atoms with Crippen LogP contribution in [0.2, 0.25) is 0 Å². The van der Waals surface area contributed by atoms with Crippen LogP contribution in [0.4, 0.5) is 30.7 Å². The zero-order valence-electron chi connectivity index (χ0n) is 19.8. The first-order chi connectivity index (χ1) is 18.4. The second kappa shape index (κ2) is 11.0. The van der Waals surface area contributed by atoms with Gasteiger partial charge in [0.25, 0.3) is 0 Å². The van der Waals surface area contributed by atoms with E-state index in [1.54, 1.807) is 0 Å². The molecule has 4 aromatic carbocycles. The van der Waals surface area contributed by atoms with Crippen LogP contribution < -0.4 is 9.47 Å². The smallest absolute Gasteiger partial charge is 0.322 e. The summed E-state index contributed by atoms with van der Waals surface area (Å²) in [5.74, 6) is -11.5. The Hall–Kier alpha value is -4.67. The number of rotatable bonds is 6. The molecule has 0 aliphatic rings. The monoisotopic (exact) mass is 548 g/mol. The van der Waals surface area contributed by atoms with E-state index in [4.69, 9.17) is 9.47 Å². The standard InChI is InChI=1S/C28H15F7O4/c1-13-20(29)6-14(7-21(13)30)18-4-2-16(10-22(18)31)38-26(36)12-27(37)39-17-3-5-19(23(32)11-17)15-8-24(33)28(35)25(34)9-15/h2-11H,12H2,1H3. The van der Waals surface area contributed by atoms with E-state index < -0.39 is 59.1 Å². The van der Waals surface area contributed by atoms with Crippen LogP contribution in [0.1, 0.15) is 12.0 Å². The molecule has 39 heavy (non-hydrogen) atoms. The summed E-state index contributed by atoms with van der Waals surface area (Å²) in [6, 6.07) is 8.94. The molecule has 200 valence electrons. The van der Waals surface area contributed by atoms with Crippen molar-refractivity contribution < 1.29 is 49.8 Å². The molecule has 0 amide bonds. The molecule has 0 saturated carbocycles. The van der Waals surface area contributed by atoms with E-state index in [0.717, 1.165) is 42.5 Å². The molecule has 0 radical (unpaired) electrons. The Balaban J connectivity index is 1.39. The maximum absolute atomic E-state index is 14.5. The van der Waals surface area contributed by atoms with Crippen molar-refractivity contribution in [2.75, 3.05) is 0 Å². The average Bonchev–Trinajstić information content (AvgIpc) is 2.85. The fourth-order valence-corrected chi connectivity index (χ4v) is 3.55. The fourth-order valence-electron chi connectivity index (χ4n) is 3.55. The zero-order valence-corrected chi connectivity index (χ0v) is 19.8. The van der Waals surface area contributed by atoms with Crippen molar-refractivity contribution in [3.05, 3.63) is 107 Å². The number of hydrogen-bond donors (Lipinski definition) is 0. The summed E-state index contributed by atoms with van der Waals surface area (Å²) >= 11 is 0. The number of hydrogen-bond acceptors (Lipinski definition) is 4. The molecule has 0 unspecified atom stereocenters. The van der Waals surface area contributed by atoms with Crippen molar-refractivity contribution in [3.63, 3.8) is 0 Å². The van der Waals surface area contributed by atoms with Crippen molar-refractivity contribution in [1.82, 2.24) is 0 Å². The maximum Gasteiger partial charge on any atom is 0.322 e. The molecule has 0 bridgehead atoms. The lowest BCUT2D eigenvalue weighted by atomic mass is 10.0. The molecule has 0 heterocycles. The van der Waals surface area contributed by atoms with E-state index in [-0.39, 0.29) is 39.3 Å². The van der Waals surface area contributed by atoms with E-state index in [0.29, 0.717) is 18.2 Å². The largest absolute Gasteiger partial charge is 0.426 e. The van der Waals surface area contributed by atoms with Crippen molar-refractivity contribution in [2.24, 2.45) is 0 Å². The van der Waals surface area contributed by atoms with Crippen LogP contribution in [0.3, 0.4) is 0 Å². The van der Waals surface area contributed by atoms with E-state index >= 15 is 0 Å². The zero-order chi connectivity index (χ0) is 28.4. The second-order valence-electron chi connectivity index (χ2n) is 8.23. The van der Waals surface area contributed by atoms with E-state index in [9.17, 15) is 40.3 Å². The molecular weight excluding hydrogens is 533 g/mol. The highest BCUT2D eigenvalue weighted by atomic mass is 19.2. The Bertz CT molecular complexity index is 1450. The van der Waals surface area contributed by atoms with Gasteiger partial charge in [-0.15, -0.1) is 0 Å². The second-order valence-corrected chi connectivity index (χ2v) is 8.23. The SMILES string of the molecule is Cc1c(F)cc(-c2ccc(OC(=O)CC(=O)Oc3ccc(-c4cc(F)c(F)c(F)c4)c(F)c3)cc2F)cc1F. The predicted octanol–water partition coefficient (Wildman–Crippen LogP) is 7.20. The van der Waals surface area contributed by atoms with Crippen LogP contribution >= 0.6 is 0 Å². The Morgan fingerprint density at radius 3 is 1.33 bits per heavy atom. The van der Waals surface area contributed by atoms with Crippen LogP contribution in [0.25, 0.3) is 22.3 Å². The van der Waals surface area contributed by atoms with Gasteiger partial charge in [-0.2, -0.15) is 0 Å². The fraction of sp³-hybridized carbons (Fsp3) is 0.0714. The quantitative estimate of drug-likeness (QED) is 0.0841. The van der Waals surface area contributed by atoms with Gasteiger partial charge in [0, 0.05) is 28.8 Å². The molecule has 0 aromatic heterocycles. The van der Waals surface area contributed by atoms with Crippen LogP contribution in [0.5, 0.6) is 11.5 Å². The lowest BCUT2D eigenvalue weighted by Crippen LogP contribution is -2.18. The summed E-state index contributed by atoms with van der Waals surface area (Å²) < 4.78 is 106. The Morgan fingerprint density at radius 2 is 0.949 bits per heavy atom. The topological polar surface area (TPSA) is 52.6 Å². The van der Waals surface area contributed by atoms with Crippen molar-refractivity contribution in [3.8, 4) is 33.8 Å². The predicted molar refractivity (Wildman–Crippen MR) is 124 cm³/mol. The van der Waals surface area contributed by atoms with Crippen LogP contribution in [-0.4, -0.2) is 11.9 Å². The molecular formula is C28H15F7O4. The number of carbonyl (C=O) groups excluding carboxylic acids is 2. The van der Waals surface area contributed by atoms with Crippen molar-refractivity contribution in [1.29, 1.82) is 0 Å². The number of ether oxygens (including phenoxy) is 2. The highest BCUT2D eigenvalue weighted by Crippen LogP contribution is 2.30. The van der Waals surface area contributed by atoms with Crippen molar-refractivity contribution >= 4 is 11.9 Å². The van der Waals surface area contributed by atoms with Crippen molar-refractivity contribution in [2.45, 2.75) is 13.3 Å². The molecule has 4 aromatic rings. The first-order valence-corrected chi connectivity index (χ1v) is 11.0. The molecule has 0 spiro atoms. The third-order valence-corrected chi connectivity index (χ3v) is 5.52. The van der Waals surface area contributed by atoms with Gasteiger partial charge in [-0.25, -0.2) is 30.7 Å². The van der Waals surface area contributed by atoms with E-state index in [1.165, 1.54) is 6.92 Å². The minimum atomic E-state index is -1.72. The summed E-state index contributed by atoms with van der Waals surface area (Å²) in [6.45, 7) is 1.22. The van der Waals surface area contributed by atoms with Crippen LogP contribution in [0.15, 0.2) is 60.7 Å². The van der Waals surface area contributed by atoms with Gasteiger partial charge in [0.1, 0.15) is 41.2 Å². The molecule has 0 N–H and O–H groups in total. The minimum absolute atomic E-state index is 0.0810. The van der Waals surface area contributed by atoms with Gasteiger partial charge in [0.05, 0.1) is 0 Å². The van der Waals surface area contributed by atoms with Gasteiger partial charge >= 0.3 is 11.9 Å². The lowest BCUT2D eigenvalue weighted by molar-refractivity contribution is -0.144. The van der Waals surface area contributed by atoms with E-state index in [2.05, 4.69) is 0 Å². The summed E-state index contributed by atoms with van der Waals surface area (Å²) in [6.07, 6.45) is -0.963. The van der Waals surface area contributed by atoms with Gasteiger partial charge in [-0.3, -0.25) is 9.59 Å². The van der Waals surface area contributed by atoms with Crippen LogP contribution in [0, 0.1) is 47.6 Å². The minimum Gasteiger partial charge on any atom is -0.426 e. The average molecular weight is 548 g/mol. The summed E-state index contributed by atoms with van der Waals surface area (Å²) in [4.78, 5) is 24.2. The number of benzene rings is 4. The molecule has 0 fully saturated rings. The summed E-state index contributed by atoms with van der Waals surface area (Å²) in [7, 11) is 0. The van der Waals surface area contributed by atoms with Gasteiger partial charge in [-0.05, 0) is 66.6 Å². The molecule has 0 atom stereocenters. The molecule has 4 nitrogen and oxygen atoms in total. The molecule has 0 saturated heterocycles. The first-order valence-electron chi connectivity index (χ1n) is 11.0. The summed E-state index contributed by atoms with van der Waals surface area (Å²) in [5, 5.41) is 0. The molecule has 11 heteroatoms. The van der Waals surface area contributed by atoms with Gasteiger partial charge in [-0.1, -0.05) is 0 Å². The number of esters is 2. The number of carbonyl (C=O) groups is 2.